The molecule has 2 saturated heterocycles. The molecule has 0 aliphatic carbocycles. The van der Waals surface area contributed by atoms with Gasteiger partial charge in [-0.05, 0) is 43.5 Å². The molecule has 0 aromatic heterocycles. The maximum atomic E-state index is 12.6. The van der Waals surface area contributed by atoms with Crippen molar-refractivity contribution in [3.63, 3.8) is 0 Å². The van der Waals surface area contributed by atoms with Crippen molar-refractivity contribution in [1.82, 2.24) is 9.62 Å². The van der Waals surface area contributed by atoms with E-state index >= 15 is 0 Å². The van der Waals surface area contributed by atoms with E-state index in [0.29, 0.717) is 25.1 Å². The van der Waals surface area contributed by atoms with Crippen LogP contribution in [0.5, 0.6) is 0 Å². The van der Waals surface area contributed by atoms with E-state index in [1.165, 1.54) is 28.6 Å². The van der Waals surface area contributed by atoms with Crippen LogP contribution >= 0.6 is 0 Å². The zero-order valence-electron chi connectivity index (χ0n) is 13.8. The van der Waals surface area contributed by atoms with Crippen LogP contribution in [-0.2, 0) is 19.9 Å². The second-order valence-corrected chi connectivity index (χ2v) is 10.7. The maximum Gasteiger partial charge on any atom is 0.251 e. The molecular weight excluding hydrogens is 364 g/mol. The van der Waals surface area contributed by atoms with E-state index in [1.807, 2.05) is 0 Å². The standard InChI is InChI=1S/C16H22N2O5S2/c19-16(17-14-8-11-24(20,21)12-14)13-4-6-15(7-5-13)25(22,23)18-9-2-1-3-10-18/h4-7,14H,1-3,8-12H2,(H,17,19)/t14-/m0/s1. The van der Waals surface area contributed by atoms with Gasteiger partial charge >= 0.3 is 0 Å². The minimum atomic E-state index is -3.52. The van der Waals surface area contributed by atoms with Crippen molar-refractivity contribution in [3.8, 4) is 0 Å². The number of sulfone groups is 1. The van der Waals surface area contributed by atoms with Crippen molar-refractivity contribution in [1.29, 1.82) is 0 Å². The van der Waals surface area contributed by atoms with Gasteiger partial charge in [-0.1, -0.05) is 6.42 Å². The number of carbonyl (C=O) groups is 1. The lowest BCUT2D eigenvalue weighted by Crippen LogP contribution is -2.36. The average molecular weight is 386 g/mol. The van der Waals surface area contributed by atoms with Gasteiger partial charge in [-0.3, -0.25) is 4.79 Å². The van der Waals surface area contributed by atoms with Crippen LogP contribution in [0.2, 0.25) is 0 Å². The summed E-state index contributed by atoms with van der Waals surface area (Å²) >= 11 is 0. The summed E-state index contributed by atoms with van der Waals surface area (Å²) in [5.74, 6) is -0.338. The first kappa shape index (κ1) is 18.3. The molecule has 0 unspecified atom stereocenters. The minimum Gasteiger partial charge on any atom is -0.348 e. The van der Waals surface area contributed by atoms with Crippen LogP contribution < -0.4 is 5.32 Å². The summed E-state index contributed by atoms with van der Waals surface area (Å²) in [6, 6.07) is 5.42. The number of nitrogens with zero attached hydrogens (tertiary/aromatic N) is 1. The van der Waals surface area contributed by atoms with Gasteiger partial charge in [0, 0.05) is 24.7 Å². The number of sulfonamides is 1. The fourth-order valence-electron chi connectivity index (χ4n) is 3.21. The molecule has 0 saturated carbocycles. The van der Waals surface area contributed by atoms with Gasteiger partial charge < -0.3 is 5.32 Å². The van der Waals surface area contributed by atoms with Gasteiger partial charge in [-0.2, -0.15) is 4.31 Å². The Bertz CT molecular complexity index is 841. The van der Waals surface area contributed by atoms with Crippen molar-refractivity contribution < 1.29 is 21.6 Å². The van der Waals surface area contributed by atoms with Gasteiger partial charge in [0.2, 0.25) is 10.0 Å². The van der Waals surface area contributed by atoms with E-state index in [2.05, 4.69) is 5.32 Å². The minimum absolute atomic E-state index is 0.0415. The number of benzene rings is 1. The number of rotatable bonds is 4. The molecule has 25 heavy (non-hydrogen) atoms. The van der Waals surface area contributed by atoms with Gasteiger partial charge in [0.15, 0.2) is 9.84 Å². The second-order valence-electron chi connectivity index (χ2n) is 6.56. The normalized spacial score (nSPS) is 24.1. The van der Waals surface area contributed by atoms with Crippen LogP contribution in [0.25, 0.3) is 0 Å². The maximum absolute atomic E-state index is 12.6. The fourth-order valence-corrected chi connectivity index (χ4v) is 6.40. The smallest absolute Gasteiger partial charge is 0.251 e. The van der Waals surface area contributed by atoms with Crippen LogP contribution in [0.1, 0.15) is 36.0 Å². The molecule has 9 heteroatoms. The predicted molar refractivity (Wildman–Crippen MR) is 93.6 cm³/mol. The quantitative estimate of drug-likeness (QED) is 0.824. The van der Waals surface area contributed by atoms with Crippen LogP contribution in [0.4, 0.5) is 0 Å². The molecule has 2 heterocycles. The Balaban J connectivity index is 1.68. The van der Waals surface area contributed by atoms with Gasteiger partial charge in [0.1, 0.15) is 0 Å². The van der Waals surface area contributed by atoms with Gasteiger partial charge in [0.25, 0.3) is 5.91 Å². The van der Waals surface area contributed by atoms with Crippen molar-refractivity contribution in [2.45, 2.75) is 36.6 Å². The Morgan fingerprint density at radius 1 is 1.08 bits per heavy atom. The molecule has 2 aliphatic rings. The van der Waals surface area contributed by atoms with Crippen LogP contribution in [0.3, 0.4) is 0 Å². The van der Waals surface area contributed by atoms with Gasteiger partial charge in [-0.25, -0.2) is 16.8 Å². The Morgan fingerprint density at radius 2 is 1.72 bits per heavy atom. The molecule has 138 valence electrons. The third-order valence-electron chi connectivity index (χ3n) is 4.64. The third kappa shape index (κ3) is 4.21. The molecule has 0 bridgehead atoms. The van der Waals surface area contributed by atoms with E-state index in [9.17, 15) is 21.6 Å². The highest BCUT2D eigenvalue weighted by atomic mass is 32.2. The fraction of sp³-hybridized carbons (Fsp3) is 0.562. The highest BCUT2D eigenvalue weighted by molar-refractivity contribution is 7.91. The first-order chi connectivity index (χ1) is 11.8. The first-order valence-corrected chi connectivity index (χ1v) is 11.7. The number of piperidine rings is 1. The van der Waals surface area contributed by atoms with E-state index in [4.69, 9.17) is 0 Å². The molecule has 0 radical (unpaired) electrons. The average Bonchev–Trinajstić information content (AvgIpc) is 2.94. The van der Waals surface area contributed by atoms with Gasteiger partial charge in [0.05, 0.1) is 16.4 Å². The summed E-state index contributed by atoms with van der Waals surface area (Å²) in [5.41, 5.74) is 0.321. The summed E-state index contributed by atoms with van der Waals surface area (Å²) in [7, 11) is -6.58. The van der Waals surface area contributed by atoms with E-state index in [0.717, 1.165) is 19.3 Å². The Morgan fingerprint density at radius 3 is 2.28 bits per heavy atom. The molecule has 2 aliphatic heterocycles. The molecule has 1 aromatic rings. The van der Waals surface area contributed by atoms with Gasteiger partial charge in [-0.15, -0.1) is 0 Å². The monoisotopic (exact) mass is 386 g/mol. The third-order valence-corrected chi connectivity index (χ3v) is 8.32. The molecule has 2 fully saturated rings. The lowest BCUT2D eigenvalue weighted by atomic mass is 10.2. The molecule has 1 atom stereocenters. The summed E-state index contributed by atoms with van der Waals surface area (Å²) in [6.07, 6.45) is 3.19. The van der Waals surface area contributed by atoms with Crippen LogP contribution in [-0.4, -0.2) is 57.7 Å². The first-order valence-electron chi connectivity index (χ1n) is 8.39. The summed E-state index contributed by atoms with van der Waals surface area (Å²) < 4.78 is 49.5. The van der Waals surface area contributed by atoms with E-state index in [-0.39, 0.29) is 28.4 Å². The van der Waals surface area contributed by atoms with Crippen molar-refractivity contribution in [2.75, 3.05) is 24.6 Å². The highest BCUT2D eigenvalue weighted by Crippen LogP contribution is 2.21. The van der Waals surface area contributed by atoms with E-state index < -0.39 is 19.9 Å². The number of hydrogen-bond donors (Lipinski definition) is 1. The highest BCUT2D eigenvalue weighted by Gasteiger charge is 2.29. The molecule has 1 amide bonds. The summed E-state index contributed by atoms with van der Waals surface area (Å²) in [6.45, 7) is 1.06. The molecule has 1 aromatic carbocycles. The number of hydrogen-bond acceptors (Lipinski definition) is 5. The molecular formula is C16H22N2O5S2. The second kappa shape index (κ2) is 7.05. The topological polar surface area (TPSA) is 101 Å². The van der Waals surface area contributed by atoms with Crippen molar-refractivity contribution in [2.24, 2.45) is 0 Å². The van der Waals surface area contributed by atoms with Crippen LogP contribution in [0, 0.1) is 0 Å². The number of carbonyl (C=O) groups excluding carboxylic acids is 1. The van der Waals surface area contributed by atoms with E-state index in [1.54, 1.807) is 0 Å². The van der Waals surface area contributed by atoms with Crippen molar-refractivity contribution >= 4 is 25.8 Å². The predicted octanol–water partition coefficient (Wildman–Crippen LogP) is 0.778. The summed E-state index contributed by atoms with van der Waals surface area (Å²) in [4.78, 5) is 12.4. The Hall–Kier alpha value is -1.45. The summed E-state index contributed by atoms with van der Waals surface area (Å²) in [5, 5.41) is 2.69. The zero-order chi connectivity index (χ0) is 18.1. The molecule has 1 N–H and O–H groups in total. The largest absolute Gasteiger partial charge is 0.348 e. The Kier molecular flexibility index (Phi) is 5.17. The number of nitrogens with one attached hydrogen (secondary N) is 1. The zero-order valence-corrected chi connectivity index (χ0v) is 15.5. The molecule has 3 rings (SSSR count). The SMILES string of the molecule is O=C(N[C@H]1CCS(=O)(=O)C1)c1ccc(S(=O)(=O)N2CCCCC2)cc1. The van der Waals surface area contributed by atoms with Crippen LogP contribution in [0.15, 0.2) is 29.2 Å². The number of amides is 1. The lowest BCUT2D eigenvalue weighted by Gasteiger charge is -2.25. The van der Waals surface area contributed by atoms with Crippen molar-refractivity contribution in [3.05, 3.63) is 29.8 Å². The lowest BCUT2D eigenvalue weighted by molar-refractivity contribution is 0.0941. The molecule has 7 nitrogen and oxygen atoms in total. The molecule has 0 spiro atoms. The Labute approximate surface area is 148 Å².